The first-order valence-electron chi connectivity index (χ1n) is 6.39. The largest absolute Gasteiger partial charge is 0.461 e. The van der Waals surface area contributed by atoms with Gasteiger partial charge in [0.2, 0.25) is 10.1 Å². The summed E-state index contributed by atoms with van der Waals surface area (Å²) in [5.41, 5.74) is 2.04. The van der Waals surface area contributed by atoms with Gasteiger partial charge in [0, 0.05) is 11.8 Å². The third-order valence-electron chi connectivity index (χ3n) is 2.75. The Balaban J connectivity index is 1.85. The van der Waals surface area contributed by atoms with Crippen molar-refractivity contribution in [3.8, 4) is 16.3 Å². The van der Waals surface area contributed by atoms with Crippen molar-refractivity contribution in [1.82, 2.24) is 20.0 Å². The standard InChI is InChI=1S/C14H12N4O2S/c1-2-20-13(19)12-16-17-14(21-12)18-9-11(8-15-18)10-6-4-3-5-7-10/h3-9H,2H2,1H3. The summed E-state index contributed by atoms with van der Waals surface area (Å²) in [4.78, 5) is 11.6. The molecule has 3 rings (SSSR count). The van der Waals surface area contributed by atoms with Crippen molar-refractivity contribution in [3.05, 3.63) is 47.7 Å². The van der Waals surface area contributed by atoms with Gasteiger partial charge in [-0.3, -0.25) is 0 Å². The molecule has 0 aliphatic rings. The average Bonchev–Trinajstić information content (AvgIpc) is 3.17. The van der Waals surface area contributed by atoms with Crippen LogP contribution in [0.4, 0.5) is 0 Å². The molecule has 0 bridgehead atoms. The summed E-state index contributed by atoms with van der Waals surface area (Å²) in [7, 11) is 0. The minimum Gasteiger partial charge on any atom is -0.461 e. The molecule has 0 amide bonds. The second kappa shape index (κ2) is 5.84. The van der Waals surface area contributed by atoms with Crippen molar-refractivity contribution in [2.45, 2.75) is 6.92 Å². The maximum absolute atomic E-state index is 11.6. The Morgan fingerprint density at radius 1 is 1.24 bits per heavy atom. The SMILES string of the molecule is CCOC(=O)c1nnc(-n2cc(-c3ccccc3)cn2)s1. The number of esters is 1. The first kappa shape index (κ1) is 13.4. The van der Waals surface area contributed by atoms with Crippen molar-refractivity contribution in [2.24, 2.45) is 0 Å². The van der Waals surface area contributed by atoms with Crippen LogP contribution < -0.4 is 0 Å². The lowest BCUT2D eigenvalue weighted by Crippen LogP contribution is -2.03. The van der Waals surface area contributed by atoms with E-state index < -0.39 is 5.97 Å². The van der Waals surface area contributed by atoms with Gasteiger partial charge < -0.3 is 4.74 Å². The molecule has 2 aromatic heterocycles. The summed E-state index contributed by atoms with van der Waals surface area (Å²) in [6.07, 6.45) is 3.60. The van der Waals surface area contributed by atoms with Crippen molar-refractivity contribution in [1.29, 1.82) is 0 Å². The van der Waals surface area contributed by atoms with Crippen LogP contribution in [-0.4, -0.2) is 32.6 Å². The lowest BCUT2D eigenvalue weighted by atomic mass is 10.1. The fourth-order valence-electron chi connectivity index (χ4n) is 1.79. The van der Waals surface area contributed by atoms with Gasteiger partial charge in [0.1, 0.15) is 0 Å². The van der Waals surface area contributed by atoms with Crippen LogP contribution in [0.15, 0.2) is 42.7 Å². The first-order valence-corrected chi connectivity index (χ1v) is 7.20. The van der Waals surface area contributed by atoms with Gasteiger partial charge >= 0.3 is 5.97 Å². The van der Waals surface area contributed by atoms with Crippen molar-refractivity contribution in [3.63, 3.8) is 0 Å². The Labute approximate surface area is 125 Å². The van der Waals surface area contributed by atoms with Crippen LogP contribution in [0.2, 0.25) is 0 Å². The Bertz CT molecular complexity index is 751. The third kappa shape index (κ3) is 2.82. The monoisotopic (exact) mass is 300 g/mol. The maximum Gasteiger partial charge on any atom is 0.369 e. The highest BCUT2D eigenvalue weighted by atomic mass is 32.1. The Hall–Kier alpha value is -2.54. The zero-order chi connectivity index (χ0) is 14.7. The third-order valence-corrected chi connectivity index (χ3v) is 3.64. The number of carbonyl (C=O) groups excluding carboxylic acids is 1. The maximum atomic E-state index is 11.6. The van der Waals surface area contributed by atoms with Crippen molar-refractivity contribution < 1.29 is 9.53 Å². The van der Waals surface area contributed by atoms with E-state index in [1.54, 1.807) is 17.8 Å². The highest BCUT2D eigenvalue weighted by Crippen LogP contribution is 2.21. The molecule has 0 saturated carbocycles. The van der Waals surface area contributed by atoms with Gasteiger partial charge in [-0.15, -0.1) is 10.2 Å². The van der Waals surface area contributed by atoms with E-state index >= 15 is 0 Å². The molecule has 0 N–H and O–H groups in total. The summed E-state index contributed by atoms with van der Waals surface area (Å²) in [6.45, 7) is 2.06. The fraction of sp³-hybridized carbons (Fsp3) is 0.143. The highest BCUT2D eigenvalue weighted by Gasteiger charge is 2.15. The van der Waals surface area contributed by atoms with Gasteiger partial charge in [0.15, 0.2) is 0 Å². The number of nitrogens with zero attached hydrogens (tertiary/aromatic N) is 4. The molecule has 0 fully saturated rings. The first-order chi connectivity index (χ1) is 10.3. The summed E-state index contributed by atoms with van der Waals surface area (Å²) < 4.78 is 6.49. The van der Waals surface area contributed by atoms with E-state index in [0.717, 1.165) is 22.5 Å². The fourth-order valence-corrected chi connectivity index (χ4v) is 2.46. The topological polar surface area (TPSA) is 69.9 Å². The summed E-state index contributed by atoms with van der Waals surface area (Å²) in [5.74, 6) is -0.461. The molecular weight excluding hydrogens is 288 g/mol. The van der Waals surface area contributed by atoms with Crippen LogP contribution in [0.25, 0.3) is 16.3 Å². The van der Waals surface area contributed by atoms with Crippen LogP contribution in [0, 0.1) is 0 Å². The zero-order valence-electron chi connectivity index (χ0n) is 11.3. The predicted octanol–water partition coefficient (Wildman–Crippen LogP) is 2.57. The summed E-state index contributed by atoms with van der Waals surface area (Å²) in [5, 5.41) is 12.8. The van der Waals surface area contributed by atoms with E-state index in [4.69, 9.17) is 4.74 Å². The number of rotatable bonds is 4. The number of benzene rings is 1. The van der Waals surface area contributed by atoms with Crippen LogP contribution >= 0.6 is 11.3 Å². The summed E-state index contributed by atoms with van der Waals surface area (Å²) >= 11 is 1.15. The van der Waals surface area contributed by atoms with Crippen molar-refractivity contribution >= 4 is 17.3 Å². The molecule has 0 saturated heterocycles. The molecule has 3 aromatic rings. The Kier molecular flexibility index (Phi) is 3.74. The molecule has 0 unspecified atom stereocenters. The van der Waals surface area contributed by atoms with Gasteiger partial charge in [-0.2, -0.15) is 5.10 Å². The van der Waals surface area contributed by atoms with Gasteiger partial charge in [-0.1, -0.05) is 41.7 Å². The van der Waals surface area contributed by atoms with E-state index in [1.807, 2.05) is 36.5 Å². The molecule has 0 radical (unpaired) electrons. The number of carbonyl (C=O) groups is 1. The average molecular weight is 300 g/mol. The molecule has 0 aliphatic heterocycles. The smallest absolute Gasteiger partial charge is 0.369 e. The minimum atomic E-state index is -0.461. The van der Waals surface area contributed by atoms with Crippen LogP contribution in [0.3, 0.4) is 0 Å². The molecule has 21 heavy (non-hydrogen) atoms. The molecule has 0 aliphatic carbocycles. The minimum absolute atomic E-state index is 0.226. The van der Waals surface area contributed by atoms with E-state index in [1.165, 1.54) is 0 Å². The van der Waals surface area contributed by atoms with Crippen LogP contribution in [0.1, 0.15) is 16.7 Å². The zero-order valence-corrected chi connectivity index (χ0v) is 12.1. The molecule has 6 nitrogen and oxygen atoms in total. The number of ether oxygens (including phenoxy) is 1. The van der Waals surface area contributed by atoms with E-state index in [0.29, 0.717) is 11.7 Å². The van der Waals surface area contributed by atoms with Crippen LogP contribution in [-0.2, 0) is 4.74 Å². The molecule has 0 atom stereocenters. The second-order valence-corrected chi connectivity index (χ2v) is 5.11. The van der Waals surface area contributed by atoms with E-state index in [2.05, 4.69) is 15.3 Å². The summed E-state index contributed by atoms with van der Waals surface area (Å²) in [6, 6.07) is 9.91. The number of hydrogen-bond donors (Lipinski definition) is 0. The number of aromatic nitrogens is 4. The molecule has 0 spiro atoms. The van der Waals surface area contributed by atoms with Gasteiger partial charge in [0.25, 0.3) is 0 Å². The van der Waals surface area contributed by atoms with Gasteiger partial charge in [0.05, 0.1) is 12.8 Å². The predicted molar refractivity (Wildman–Crippen MR) is 78.4 cm³/mol. The van der Waals surface area contributed by atoms with E-state index in [-0.39, 0.29) is 5.01 Å². The van der Waals surface area contributed by atoms with Gasteiger partial charge in [-0.05, 0) is 12.5 Å². The lowest BCUT2D eigenvalue weighted by molar-refractivity contribution is 0.0525. The lowest BCUT2D eigenvalue weighted by Gasteiger charge is -1.95. The quantitative estimate of drug-likeness (QED) is 0.693. The normalized spacial score (nSPS) is 10.5. The molecule has 106 valence electrons. The molecule has 7 heteroatoms. The Morgan fingerprint density at radius 2 is 2.05 bits per heavy atom. The van der Waals surface area contributed by atoms with Crippen molar-refractivity contribution in [2.75, 3.05) is 6.61 Å². The second-order valence-electron chi connectivity index (χ2n) is 4.15. The Morgan fingerprint density at radius 3 is 2.81 bits per heavy atom. The van der Waals surface area contributed by atoms with E-state index in [9.17, 15) is 4.79 Å². The van der Waals surface area contributed by atoms with Gasteiger partial charge in [-0.25, -0.2) is 9.48 Å². The highest BCUT2D eigenvalue weighted by molar-refractivity contribution is 7.15. The number of hydrogen-bond acceptors (Lipinski definition) is 6. The van der Waals surface area contributed by atoms with Crippen LogP contribution in [0.5, 0.6) is 0 Å². The molecule has 1 aromatic carbocycles. The molecular formula is C14H12N4O2S. The molecule has 2 heterocycles.